The predicted molar refractivity (Wildman–Crippen MR) is 155 cm³/mol. The molecule has 0 spiro atoms. The van der Waals surface area contributed by atoms with Crippen molar-refractivity contribution in [2.75, 3.05) is 50.6 Å². The molecule has 3 aromatic heterocycles. The van der Waals surface area contributed by atoms with Gasteiger partial charge in [-0.25, -0.2) is 9.97 Å². The van der Waals surface area contributed by atoms with Crippen molar-refractivity contribution in [1.29, 1.82) is 0 Å². The number of pyridine rings is 3. The average Bonchev–Trinajstić information content (AvgIpc) is 2.95. The number of rotatable bonds is 7. The maximum atomic E-state index is 12.5. The summed E-state index contributed by atoms with van der Waals surface area (Å²) in [5.74, 6) is 2.72. The van der Waals surface area contributed by atoms with Gasteiger partial charge >= 0.3 is 0 Å². The molecule has 4 aromatic rings. The Morgan fingerprint density at radius 2 is 1.77 bits per heavy atom. The zero-order chi connectivity index (χ0) is 27.8. The number of hydrogen-bond acceptors (Lipinski definition) is 8. The second-order valence-electron chi connectivity index (χ2n) is 9.33. The van der Waals surface area contributed by atoms with Crippen LogP contribution in [0.15, 0.2) is 65.7 Å². The van der Waals surface area contributed by atoms with Gasteiger partial charge in [-0.1, -0.05) is 0 Å². The first-order valence-electron chi connectivity index (χ1n) is 12.9. The molecule has 1 aliphatic heterocycles. The molecule has 1 fully saturated rings. The van der Waals surface area contributed by atoms with Crippen molar-refractivity contribution in [3.63, 3.8) is 0 Å². The smallest absolute Gasteiger partial charge is 0.191 e. The number of hydrogen-bond donors (Lipinski definition) is 2. The van der Waals surface area contributed by atoms with Crippen LogP contribution in [0.3, 0.4) is 0 Å². The monoisotopic (exact) mass is 620 g/mol. The Balaban J connectivity index is 0.000000828. The fourth-order valence-corrected chi connectivity index (χ4v) is 4.22. The minimum atomic E-state index is -0.167. The Bertz CT molecular complexity index is 1450. The van der Waals surface area contributed by atoms with Crippen LogP contribution in [0.2, 0.25) is 0 Å². The minimum absolute atomic E-state index is 0. The van der Waals surface area contributed by atoms with Gasteiger partial charge in [-0.2, -0.15) is 0 Å². The third-order valence-electron chi connectivity index (χ3n) is 6.07. The predicted octanol–water partition coefficient (Wildman–Crippen LogP) is 4.18. The van der Waals surface area contributed by atoms with Gasteiger partial charge in [0.15, 0.2) is 5.43 Å². The maximum Gasteiger partial charge on any atom is 0.191 e. The molecule has 0 amide bonds. The van der Waals surface area contributed by atoms with Gasteiger partial charge in [0.2, 0.25) is 0 Å². The topological polar surface area (TPSA) is 116 Å². The third kappa shape index (κ3) is 8.23. The van der Waals surface area contributed by atoms with E-state index in [2.05, 4.69) is 20.5 Å². The zero-order valence-corrected chi connectivity index (χ0v) is 26.2. The molecule has 0 aliphatic carbocycles. The van der Waals surface area contributed by atoms with Crippen molar-refractivity contribution in [3.05, 3.63) is 82.0 Å². The molecule has 0 atom stereocenters. The van der Waals surface area contributed by atoms with E-state index in [1.54, 1.807) is 58.7 Å². The van der Waals surface area contributed by atoms with E-state index in [0.29, 0.717) is 40.7 Å². The first-order chi connectivity index (χ1) is 18.9. The second kappa shape index (κ2) is 15.1. The Kier molecular flexibility index (Phi) is 11.9. The summed E-state index contributed by atoms with van der Waals surface area (Å²) in [5.41, 5.74) is 2.55. The van der Waals surface area contributed by atoms with Crippen molar-refractivity contribution in [3.8, 4) is 11.5 Å². The molecule has 1 radical (unpaired) electrons. The number of methoxy groups -OCH3 is 2. The number of aliphatic hydroxyl groups excluding tert-OH is 1. The van der Waals surface area contributed by atoms with E-state index in [1.807, 2.05) is 34.9 Å². The number of aliphatic hydroxyl groups is 1. The van der Waals surface area contributed by atoms with Gasteiger partial charge < -0.3 is 34.7 Å². The van der Waals surface area contributed by atoms with Crippen LogP contribution in [0.1, 0.15) is 19.4 Å². The normalized spacial score (nSPS) is 12.8. The largest absolute Gasteiger partial charge is 0.659 e. The summed E-state index contributed by atoms with van der Waals surface area (Å²) >= 11 is 0. The molecule has 1 saturated heterocycles. The van der Waals surface area contributed by atoms with Crippen LogP contribution in [0.25, 0.3) is 16.4 Å². The van der Waals surface area contributed by atoms with Gasteiger partial charge in [0.25, 0.3) is 0 Å². The van der Waals surface area contributed by atoms with E-state index in [0.717, 1.165) is 37.4 Å². The molecule has 40 heavy (non-hydrogen) atoms. The van der Waals surface area contributed by atoms with Crippen molar-refractivity contribution < 1.29 is 47.3 Å². The van der Waals surface area contributed by atoms with Crippen LogP contribution in [-0.4, -0.2) is 66.1 Å². The van der Waals surface area contributed by atoms with E-state index in [9.17, 15) is 4.79 Å². The van der Waals surface area contributed by atoms with Crippen LogP contribution in [0.4, 0.5) is 17.3 Å². The molecular weight excluding hydrogens is 585 g/mol. The van der Waals surface area contributed by atoms with E-state index in [-0.39, 0.29) is 44.2 Å². The van der Waals surface area contributed by atoms with Gasteiger partial charge in [0.05, 0.1) is 26.2 Å². The molecule has 209 valence electrons. The van der Waals surface area contributed by atoms with Crippen LogP contribution in [-0.2, 0) is 39.3 Å². The summed E-state index contributed by atoms with van der Waals surface area (Å²) in [6.45, 7) is 7.41. The molecular formula is C29H35N6O4Y-. The minimum Gasteiger partial charge on any atom is -0.659 e. The molecule has 4 heterocycles. The van der Waals surface area contributed by atoms with Crippen LogP contribution >= 0.6 is 0 Å². The molecule has 5 rings (SSSR count). The number of piperazine rings is 1. The van der Waals surface area contributed by atoms with E-state index >= 15 is 0 Å². The van der Waals surface area contributed by atoms with E-state index in [4.69, 9.17) is 19.6 Å². The third-order valence-corrected chi connectivity index (χ3v) is 6.07. The number of nitrogens with one attached hydrogen (secondary N) is 1. The van der Waals surface area contributed by atoms with Gasteiger partial charge in [0, 0.05) is 80.7 Å². The molecule has 0 saturated carbocycles. The second-order valence-corrected chi connectivity index (χ2v) is 9.33. The first-order valence-corrected chi connectivity index (χ1v) is 12.9. The Morgan fingerprint density at radius 1 is 1.02 bits per heavy atom. The summed E-state index contributed by atoms with van der Waals surface area (Å²) in [4.78, 5) is 24.1. The molecule has 11 heteroatoms. The quantitative estimate of drug-likeness (QED) is 0.316. The van der Waals surface area contributed by atoms with Crippen molar-refractivity contribution >= 4 is 28.4 Å². The fraction of sp³-hybridized carbons (Fsp3) is 0.345. The number of benzene rings is 1. The van der Waals surface area contributed by atoms with Crippen LogP contribution in [0.5, 0.6) is 11.5 Å². The number of fused-ring (bicyclic) bond motifs is 1. The average molecular weight is 621 g/mol. The van der Waals surface area contributed by atoms with Gasteiger partial charge in [-0.3, -0.25) is 4.79 Å². The zero-order valence-electron chi connectivity index (χ0n) is 23.4. The van der Waals surface area contributed by atoms with Crippen LogP contribution in [0, 0.1) is 0 Å². The van der Waals surface area contributed by atoms with Crippen molar-refractivity contribution in [2.45, 2.75) is 26.5 Å². The summed E-state index contributed by atoms with van der Waals surface area (Å²) in [7, 11) is 3.25. The Labute approximate surface area is 259 Å². The summed E-state index contributed by atoms with van der Waals surface area (Å²) in [6.07, 6.45) is 3.38. The first kappa shape index (κ1) is 31.5. The molecule has 1 aromatic carbocycles. The Morgan fingerprint density at radius 3 is 2.48 bits per heavy atom. The fourth-order valence-electron chi connectivity index (χ4n) is 4.22. The van der Waals surface area contributed by atoms with Gasteiger partial charge in [-0.15, -0.1) is 13.1 Å². The van der Waals surface area contributed by atoms with E-state index < -0.39 is 0 Å². The number of aromatic nitrogens is 3. The number of nitrogens with zero attached hydrogens (tertiary/aromatic N) is 5. The molecule has 0 unspecified atom stereocenters. The molecule has 10 nitrogen and oxygen atoms in total. The van der Waals surface area contributed by atoms with Crippen molar-refractivity contribution in [2.24, 2.45) is 0 Å². The summed E-state index contributed by atoms with van der Waals surface area (Å²) in [6, 6.07) is 14.9. The number of anilines is 3. The molecule has 2 N–H and O–H groups in total. The van der Waals surface area contributed by atoms with Gasteiger partial charge in [-0.05, 0) is 57.3 Å². The van der Waals surface area contributed by atoms with Crippen molar-refractivity contribution in [1.82, 2.24) is 14.5 Å². The number of ether oxygens (including phenoxy) is 2. The SMILES string of the molecule is CC(C)O.COc1ccc(Cn2ccc(=O)c3ccc(Nc4cc(N5CC[N-]CC5)ccn4)nc32)c(OC)c1.[Y]. The molecule has 1 aliphatic rings. The standard InChI is InChI=1S/C26H27N6O3.C3H8O.Y/c1-34-20-4-3-18(23(16-20)35-2)17-32-12-8-22(33)21-5-6-24(30-26(21)32)29-25-15-19(7-9-28-25)31-13-10-27-11-14-31;1-3(2)4;/h3-9,12,15-16H,10-11,13-14,17H2,1-2H3,(H,28,29,30);3-4H,1-2H3;/q-1;;. The summed E-state index contributed by atoms with van der Waals surface area (Å²) in [5, 5.41) is 16.3. The Hall–Kier alpha value is -3.05. The van der Waals surface area contributed by atoms with E-state index in [1.165, 1.54) is 0 Å². The maximum absolute atomic E-state index is 12.5. The van der Waals surface area contributed by atoms with Gasteiger partial charge in [0.1, 0.15) is 28.8 Å². The summed E-state index contributed by atoms with van der Waals surface area (Å²) < 4.78 is 12.8. The van der Waals surface area contributed by atoms with Crippen LogP contribution < -0.4 is 25.1 Å². The molecule has 0 bridgehead atoms.